The summed E-state index contributed by atoms with van der Waals surface area (Å²) in [6, 6.07) is 12.0. The lowest BCUT2D eigenvalue weighted by Gasteiger charge is -2.07. The number of pyridine rings is 3. The second-order valence-electron chi connectivity index (χ2n) is 4.31. The van der Waals surface area contributed by atoms with E-state index >= 15 is 0 Å². The largest absolute Gasteiger partial charge is 0.264 e. The van der Waals surface area contributed by atoms with Gasteiger partial charge in [-0.15, -0.1) is 0 Å². The molecule has 3 aromatic heterocycles. The molecule has 3 aromatic rings. The van der Waals surface area contributed by atoms with Crippen molar-refractivity contribution in [2.75, 3.05) is 0 Å². The molecule has 0 spiro atoms. The highest BCUT2D eigenvalue weighted by Gasteiger charge is 2.05. The first-order valence-electron chi connectivity index (χ1n) is 6.13. The lowest BCUT2D eigenvalue weighted by atomic mass is 10.0. The van der Waals surface area contributed by atoms with E-state index in [1.807, 2.05) is 49.6 Å². The van der Waals surface area contributed by atoms with E-state index in [-0.39, 0.29) is 0 Å². The van der Waals surface area contributed by atoms with Gasteiger partial charge in [0.2, 0.25) is 0 Å². The van der Waals surface area contributed by atoms with Crippen molar-refractivity contribution in [3.63, 3.8) is 0 Å². The maximum Gasteiger partial charge on any atom is 0.0721 e. The lowest BCUT2D eigenvalue weighted by Crippen LogP contribution is -1.91. The fraction of sp³-hybridized carbons (Fsp3) is 0.0625. The van der Waals surface area contributed by atoms with E-state index in [2.05, 4.69) is 21.0 Å². The molecular formula is C16H13N3. The minimum atomic E-state index is 0.943. The molecule has 0 N–H and O–H groups in total. The van der Waals surface area contributed by atoms with Crippen LogP contribution in [0.1, 0.15) is 5.69 Å². The lowest BCUT2D eigenvalue weighted by molar-refractivity contribution is 1.19. The van der Waals surface area contributed by atoms with Crippen molar-refractivity contribution in [1.82, 2.24) is 15.0 Å². The normalized spacial score (nSPS) is 10.4. The molecule has 3 heteroatoms. The van der Waals surface area contributed by atoms with Gasteiger partial charge in [-0.2, -0.15) is 0 Å². The first-order valence-corrected chi connectivity index (χ1v) is 6.13. The molecule has 0 radical (unpaired) electrons. The molecule has 0 saturated carbocycles. The zero-order chi connectivity index (χ0) is 13.1. The summed E-state index contributed by atoms with van der Waals surface area (Å²) in [4.78, 5) is 12.9. The van der Waals surface area contributed by atoms with Crippen LogP contribution in [0.5, 0.6) is 0 Å². The maximum atomic E-state index is 4.65. The van der Waals surface area contributed by atoms with E-state index in [4.69, 9.17) is 0 Å². The van der Waals surface area contributed by atoms with E-state index < -0.39 is 0 Å². The molecule has 0 aliphatic carbocycles. The molecule has 0 aliphatic rings. The van der Waals surface area contributed by atoms with Gasteiger partial charge < -0.3 is 0 Å². The Kier molecular flexibility index (Phi) is 3.02. The van der Waals surface area contributed by atoms with Crippen molar-refractivity contribution < 1.29 is 0 Å². The quantitative estimate of drug-likeness (QED) is 0.695. The van der Waals surface area contributed by atoms with Gasteiger partial charge in [0.25, 0.3) is 0 Å². The molecule has 3 nitrogen and oxygen atoms in total. The number of aromatic nitrogens is 3. The van der Waals surface area contributed by atoms with Gasteiger partial charge in [-0.25, -0.2) is 0 Å². The van der Waals surface area contributed by atoms with Crippen LogP contribution in [0.2, 0.25) is 0 Å². The average Bonchev–Trinajstić information content (AvgIpc) is 2.49. The van der Waals surface area contributed by atoms with Crippen LogP contribution in [-0.4, -0.2) is 15.0 Å². The number of hydrogen-bond donors (Lipinski definition) is 0. The van der Waals surface area contributed by atoms with Crippen molar-refractivity contribution in [3.8, 4) is 22.4 Å². The molecule has 3 heterocycles. The van der Waals surface area contributed by atoms with E-state index in [9.17, 15) is 0 Å². The number of rotatable bonds is 2. The molecule has 92 valence electrons. The Labute approximate surface area is 112 Å². The highest BCUT2D eigenvalue weighted by Crippen LogP contribution is 2.24. The SMILES string of the molecule is Cc1nc(-c2cccnc2)ccc1-c1cccnc1. The van der Waals surface area contributed by atoms with Gasteiger partial charge in [0.15, 0.2) is 0 Å². The number of aryl methyl sites for hydroxylation is 1. The predicted octanol–water partition coefficient (Wildman–Crippen LogP) is 3.51. The summed E-state index contributed by atoms with van der Waals surface area (Å²) in [5, 5.41) is 0. The second kappa shape index (κ2) is 4.98. The van der Waals surface area contributed by atoms with E-state index in [1.165, 1.54) is 0 Å². The molecule has 3 rings (SSSR count). The van der Waals surface area contributed by atoms with Crippen LogP contribution in [0.15, 0.2) is 61.2 Å². The van der Waals surface area contributed by atoms with Crippen LogP contribution in [0, 0.1) is 6.92 Å². The van der Waals surface area contributed by atoms with Crippen molar-refractivity contribution >= 4 is 0 Å². The van der Waals surface area contributed by atoms with Crippen molar-refractivity contribution in [3.05, 3.63) is 66.9 Å². The Bertz CT molecular complexity index is 679. The average molecular weight is 247 g/mol. The summed E-state index contributed by atoms with van der Waals surface area (Å²) in [6.45, 7) is 2.02. The Hall–Kier alpha value is -2.55. The van der Waals surface area contributed by atoms with E-state index in [0.717, 1.165) is 28.1 Å². The summed E-state index contributed by atoms with van der Waals surface area (Å²) < 4.78 is 0. The molecule has 19 heavy (non-hydrogen) atoms. The maximum absolute atomic E-state index is 4.65. The summed E-state index contributed by atoms with van der Waals surface area (Å²) in [6.07, 6.45) is 7.22. The topological polar surface area (TPSA) is 38.7 Å². The molecule has 0 amide bonds. The Morgan fingerprint density at radius 2 is 1.47 bits per heavy atom. The monoisotopic (exact) mass is 247 g/mol. The fourth-order valence-electron chi connectivity index (χ4n) is 2.06. The van der Waals surface area contributed by atoms with Crippen LogP contribution < -0.4 is 0 Å². The molecule has 0 atom stereocenters. The fourth-order valence-corrected chi connectivity index (χ4v) is 2.06. The summed E-state index contributed by atoms with van der Waals surface area (Å²) in [5.74, 6) is 0. The Morgan fingerprint density at radius 3 is 2.05 bits per heavy atom. The first kappa shape index (κ1) is 11.5. The predicted molar refractivity (Wildman–Crippen MR) is 75.4 cm³/mol. The molecule has 0 fully saturated rings. The summed E-state index contributed by atoms with van der Waals surface area (Å²) in [5.41, 5.74) is 5.17. The van der Waals surface area contributed by atoms with E-state index in [1.54, 1.807) is 12.4 Å². The highest BCUT2D eigenvalue weighted by atomic mass is 14.7. The zero-order valence-electron chi connectivity index (χ0n) is 10.6. The third kappa shape index (κ3) is 2.36. The third-order valence-electron chi connectivity index (χ3n) is 3.02. The van der Waals surface area contributed by atoms with Crippen LogP contribution in [0.4, 0.5) is 0 Å². The van der Waals surface area contributed by atoms with Gasteiger partial charge in [-0.05, 0) is 31.2 Å². The van der Waals surface area contributed by atoms with Crippen LogP contribution >= 0.6 is 0 Å². The van der Waals surface area contributed by atoms with Crippen molar-refractivity contribution in [1.29, 1.82) is 0 Å². The van der Waals surface area contributed by atoms with Gasteiger partial charge in [0, 0.05) is 47.2 Å². The second-order valence-corrected chi connectivity index (χ2v) is 4.31. The molecule has 0 saturated heterocycles. The van der Waals surface area contributed by atoms with Gasteiger partial charge in [-0.3, -0.25) is 15.0 Å². The van der Waals surface area contributed by atoms with Crippen molar-refractivity contribution in [2.24, 2.45) is 0 Å². The van der Waals surface area contributed by atoms with E-state index in [0.29, 0.717) is 0 Å². The molecule has 0 aromatic carbocycles. The molecular weight excluding hydrogens is 234 g/mol. The molecule has 0 bridgehead atoms. The standard InChI is InChI=1S/C16H13N3/c1-12-15(13-4-2-8-17-10-13)6-7-16(19-12)14-5-3-9-18-11-14/h2-11H,1H3. The number of hydrogen-bond acceptors (Lipinski definition) is 3. The summed E-state index contributed by atoms with van der Waals surface area (Å²) in [7, 11) is 0. The van der Waals surface area contributed by atoms with Gasteiger partial charge in [-0.1, -0.05) is 12.1 Å². The van der Waals surface area contributed by atoms with Gasteiger partial charge >= 0.3 is 0 Å². The van der Waals surface area contributed by atoms with Crippen LogP contribution in [0.3, 0.4) is 0 Å². The van der Waals surface area contributed by atoms with Crippen LogP contribution in [0.25, 0.3) is 22.4 Å². The summed E-state index contributed by atoms with van der Waals surface area (Å²) >= 11 is 0. The highest BCUT2D eigenvalue weighted by molar-refractivity contribution is 5.68. The zero-order valence-corrected chi connectivity index (χ0v) is 10.6. The molecule has 0 aliphatic heterocycles. The Morgan fingerprint density at radius 1 is 0.789 bits per heavy atom. The van der Waals surface area contributed by atoms with Crippen molar-refractivity contribution in [2.45, 2.75) is 6.92 Å². The van der Waals surface area contributed by atoms with Crippen LogP contribution in [-0.2, 0) is 0 Å². The third-order valence-corrected chi connectivity index (χ3v) is 3.02. The number of nitrogens with zero attached hydrogens (tertiary/aromatic N) is 3. The molecule has 0 unspecified atom stereocenters. The van der Waals surface area contributed by atoms with Gasteiger partial charge in [0.1, 0.15) is 0 Å². The smallest absolute Gasteiger partial charge is 0.0721 e. The minimum Gasteiger partial charge on any atom is -0.264 e. The van der Waals surface area contributed by atoms with Gasteiger partial charge in [0.05, 0.1) is 5.69 Å². The first-order chi connectivity index (χ1) is 9.34. The minimum absolute atomic E-state index is 0.943. The Balaban J connectivity index is 2.04.